The lowest BCUT2D eigenvalue weighted by Crippen LogP contribution is -2.20. The van der Waals surface area contributed by atoms with Crippen LogP contribution in [0, 0.1) is 11.8 Å². The van der Waals surface area contributed by atoms with E-state index < -0.39 is 9.84 Å². The summed E-state index contributed by atoms with van der Waals surface area (Å²) in [6, 6.07) is 7.05. The number of allylic oxidation sites excluding steroid dienone is 2. The summed E-state index contributed by atoms with van der Waals surface area (Å²) >= 11 is 0. The molecule has 110 valence electrons. The van der Waals surface area contributed by atoms with Gasteiger partial charge < -0.3 is 5.32 Å². The van der Waals surface area contributed by atoms with Crippen LogP contribution in [0.25, 0.3) is 0 Å². The van der Waals surface area contributed by atoms with Crippen LogP contribution in [-0.4, -0.2) is 21.2 Å². The highest BCUT2D eigenvalue weighted by Crippen LogP contribution is 2.28. The van der Waals surface area contributed by atoms with Crippen molar-refractivity contribution >= 4 is 15.5 Å². The molecule has 2 atom stereocenters. The Balaban J connectivity index is 2.00. The van der Waals surface area contributed by atoms with Crippen LogP contribution in [0.1, 0.15) is 26.7 Å². The third-order valence-corrected chi connectivity index (χ3v) is 4.85. The second-order valence-electron chi connectivity index (χ2n) is 5.98. The smallest absolute Gasteiger partial charge is 0.175 e. The van der Waals surface area contributed by atoms with Gasteiger partial charge >= 0.3 is 0 Å². The maximum Gasteiger partial charge on any atom is 0.175 e. The molecule has 1 aromatic carbocycles. The van der Waals surface area contributed by atoms with Crippen LogP contribution < -0.4 is 5.32 Å². The van der Waals surface area contributed by atoms with E-state index in [1.165, 1.54) is 18.2 Å². The van der Waals surface area contributed by atoms with Gasteiger partial charge in [0.2, 0.25) is 0 Å². The average molecular weight is 293 g/mol. The maximum atomic E-state index is 11.5. The fraction of sp³-hybridized carbons (Fsp3) is 0.500. The molecule has 0 saturated carbocycles. The zero-order valence-corrected chi connectivity index (χ0v) is 13.2. The molecule has 0 radical (unpaired) electrons. The molecular weight excluding hydrogens is 270 g/mol. The normalized spacial score (nSPS) is 23.2. The van der Waals surface area contributed by atoms with Gasteiger partial charge in [-0.25, -0.2) is 8.42 Å². The zero-order valence-electron chi connectivity index (χ0n) is 12.4. The van der Waals surface area contributed by atoms with Gasteiger partial charge in [0, 0.05) is 18.5 Å². The first-order chi connectivity index (χ1) is 9.34. The summed E-state index contributed by atoms with van der Waals surface area (Å²) in [7, 11) is -3.14. The highest BCUT2D eigenvalue weighted by molar-refractivity contribution is 7.90. The summed E-state index contributed by atoms with van der Waals surface area (Å²) in [6.07, 6.45) is 5.91. The first-order valence-corrected chi connectivity index (χ1v) is 8.95. The SMILES string of the molecule is CC1=CC(C)CC(CNc2cccc(S(C)(=O)=O)c2)C1. The molecule has 0 heterocycles. The minimum atomic E-state index is -3.14. The Labute approximate surface area is 122 Å². The molecule has 0 fully saturated rings. The van der Waals surface area contributed by atoms with E-state index in [4.69, 9.17) is 0 Å². The van der Waals surface area contributed by atoms with Crippen molar-refractivity contribution in [2.45, 2.75) is 31.6 Å². The van der Waals surface area contributed by atoms with Crippen LogP contribution in [0.15, 0.2) is 40.8 Å². The van der Waals surface area contributed by atoms with E-state index in [-0.39, 0.29) is 0 Å². The van der Waals surface area contributed by atoms with Crippen LogP contribution in [0.5, 0.6) is 0 Å². The van der Waals surface area contributed by atoms with Crippen molar-refractivity contribution in [3.8, 4) is 0 Å². The number of benzene rings is 1. The van der Waals surface area contributed by atoms with Crippen LogP contribution in [0.4, 0.5) is 5.69 Å². The third-order valence-electron chi connectivity index (χ3n) is 3.74. The molecular formula is C16H23NO2S. The largest absolute Gasteiger partial charge is 0.385 e. The van der Waals surface area contributed by atoms with Gasteiger partial charge in [-0.1, -0.05) is 24.6 Å². The average Bonchev–Trinajstić information content (AvgIpc) is 2.35. The van der Waals surface area contributed by atoms with E-state index in [1.807, 2.05) is 6.07 Å². The molecule has 2 rings (SSSR count). The Morgan fingerprint density at radius 1 is 1.35 bits per heavy atom. The molecule has 1 aliphatic carbocycles. The Kier molecular flexibility index (Phi) is 4.53. The predicted molar refractivity (Wildman–Crippen MR) is 83.7 cm³/mol. The monoisotopic (exact) mass is 293 g/mol. The van der Waals surface area contributed by atoms with E-state index in [0.717, 1.165) is 18.7 Å². The van der Waals surface area contributed by atoms with Crippen molar-refractivity contribution in [1.29, 1.82) is 0 Å². The topological polar surface area (TPSA) is 46.2 Å². The van der Waals surface area contributed by atoms with Gasteiger partial charge in [-0.05, 0) is 49.8 Å². The number of rotatable bonds is 4. The molecule has 20 heavy (non-hydrogen) atoms. The number of sulfone groups is 1. The Hall–Kier alpha value is -1.29. The fourth-order valence-electron chi connectivity index (χ4n) is 2.94. The van der Waals surface area contributed by atoms with Crippen molar-refractivity contribution < 1.29 is 8.42 Å². The summed E-state index contributed by atoms with van der Waals surface area (Å²) < 4.78 is 23.1. The second kappa shape index (κ2) is 6.00. The van der Waals surface area contributed by atoms with E-state index in [9.17, 15) is 8.42 Å². The highest BCUT2D eigenvalue weighted by Gasteiger charge is 2.17. The molecule has 0 aromatic heterocycles. The number of nitrogens with one attached hydrogen (secondary N) is 1. The maximum absolute atomic E-state index is 11.5. The van der Waals surface area contributed by atoms with Crippen molar-refractivity contribution in [1.82, 2.24) is 0 Å². The van der Waals surface area contributed by atoms with Gasteiger partial charge in [-0.3, -0.25) is 0 Å². The predicted octanol–water partition coefficient (Wildman–Crippen LogP) is 3.49. The molecule has 2 unspecified atom stereocenters. The van der Waals surface area contributed by atoms with Gasteiger partial charge in [-0.15, -0.1) is 0 Å². The van der Waals surface area contributed by atoms with Gasteiger partial charge in [0.1, 0.15) is 0 Å². The highest BCUT2D eigenvalue weighted by atomic mass is 32.2. The molecule has 0 spiro atoms. The molecule has 1 aliphatic rings. The first-order valence-electron chi connectivity index (χ1n) is 7.06. The number of anilines is 1. The summed E-state index contributed by atoms with van der Waals surface area (Å²) in [6.45, 7) is 5.33. The fourth-order valence-corrected chi connectivity index (χ4v) is 3.61. The van der Waals surface area contributed by atoms with Gasteiger partial charge in [-0.2, -0.15) is 0 Å². The molecule has 0 aliphatic heterocycles. The van der Waals surface area contributed by atoms with E-state index in [1.54, 1.807) is 18.2 Å². The zero-order chi connectivity index (χ0) is 14.8. The molecule has 4 heteroatoms. The van der Waals surface area contributed by atoms with Crippen LogP contribution >= 0.6 is 0 Å². The number of hydrogen-bond acceptors (Lipinski definition) is 3. The molecule has 0 amide bonds. The Morgan fingerprint density at radius 2 is 2.10 bits per heavy atom. The summed E-state index contributed by atoms with van der Waals surface area (Å²) in [5, 5.41) is 3.38. The van der Waals surface area contributed by atoms with E-state index >= 15 is 0 Å². The minimum Gasteiger partial charge on any atom is -0.385 e. The lowest BCUT2D eigenvalue weighted by atomic mass is 9.84. The molecule has 1 N–H and O–H groups in total. The van der Waals surface area contributed by atoms with Crippen molar-refractivity contribution in [3.05, 3.63) is 35.9 Å². The van der Waals surface area contributed by atoms with Gasteiger partial charge in [0.25, 0.3) is 0 Å². The first kappa shape index (κ1) is 15.1. The van der Waals surface area contributed by atoms with Crippen LogP contribution in [0.3, 0.4) is 0 Å². The van der Waals surface area contributed by atoms with Crippen molar-refractivity contribution in [3.63, 3.8) is 0 Å². The quantitative estimate of drug-likeness (QED) is 0.864. The molecule has 0 bridgehead atoms. The van der Waals surface area contributed by atoms with Crippen LogP contribution in [-0.2, 0) is 9.84 Å². The number of hydrogen-bond donors (Lipinski definition) is 1. The van der Waals surface area contributed by atoms with Crippen LogP contribution in [0.2, 0.25) is 0 Å². The summed E-state index contributed by atoms with van der Waals surface area (Å²) in [5.74, 6) is 1.26. The third kappa shape index (κ3) is 4.10. The van der Waals surface area contributed by atoms with Crippen molar-refractivity contribution in [2.24, 2.45) is 11.8 Å². The molecule has 3 nitrogen and oxygen atoms in total. The summed E-state index contributed by atoms with van der Waals surface area (Å²) in [5.41, 5.74) is 2.34. The molecule has 1 aromatic rings. The Bertz CT molecular complexity index is 605. The lowest BCUT2D eigenvalue weighted by Gasteiger charge is -2.26. The van der Waals surface area contributed by atoms with E-state index in [2.05, 4.69) is 25.2 Å². The Morgan fingerprint density at radius 3 is 2.75 bits per heavy atom. The van der Waals surface area contributed by atoms with Gasteiger partial charge in [0.15, 0.2) is 9.84 Å². The van der Waals surface area contributed by atoms with Crippen molar-refractivity contribution in [2.75, 3.05) is 18.1 Å². The van der Waals surface area contributed by atoms with E-state index in [0.29, 0.717) is 16.7 Å². The van der Waals surface area contributed by atoms with Gasteiger partial charge in [0.05, 0.1) is 4.90 Å². The second-order valence-corrected chi connectivity index (χ2v) is 7.99. The summed E-state index contributed by atoms with van der Waals surface area (Å²) in [4.78, 5) is 0.371. The molecule has 0 saturated heterocycles. The standard InChI is InChI=1S/C16H23NO2S/c1-12-7-13(2)9-14(8-12)11-17-15-5-4-6-16(10-15)20(3,18)19/h4-7,10,12,14,17H,8-9,11H2,1-3H3. The lowest BCUT2D eigenvalue weighted by molar-refractivity contribution is 0.421. The minimum absolute atomic E-state index is 0.371.